The highest BCUT2D eigenvalue weighted by Gasteiger charge is 2.20. The van der Waals surface area contributed by atoms with Crippen molar-refractivity contribution in [3.05, 3.63) is 23.8 Å². The Balaban J connectivity index is 1.62. The second kappa shape index (κ2) is 7.66. The second-order valence-electron chi connectivity index (χ2n) is 6.14. The summed E-state index contributed by atoms with van der Waals surface area (Å²) in [5.41, 5.74) is 1.16. The number of amides is 2. The number of ether oxygens (including phenoxy) is 2. The van der Waals surface area contributed by atoms with Gasteiger partial charge in [0.1, 0.15) is 5.75 Å². The molecule has 1 aromatic carbocycles. The van der Waals surface area contributed by atoms with E-state index in [-0.39, 0.29) is 17.8 Å². The highest BCUT2D eigenvalue weighted by atomic mass is 16.7. The number of carbonyl (C=O) groups is 1. The Morgan fingerprint density at radius 1 is 1.09 bits per heavy atom. The first-order valence-electron chi connectivity index (χ1n) is 8.36. The fourth-order valence-electron chi connectivity index (χ4n) is 3.07. The summed E-state index contributed by atoms with van der Waals surface area (Å²) >= 11 is 0. The van der Waals surface area contributed by atoms with Crippen LogP contribution < -0.4 is 10.6 Å². The smallest absolute Gasteiger partial charge is 0.319 e. The van der Waals surface area contributed by atoms with Crippen molar-refractivity contribution in [1.82, 2.24) is 5.32 Å². The van der Waals surface area contributed by atoms with E-state index in [1.807, 2.05) is 0 Å². The van der Waals surface area contributed by atoms with Crippen molar-refractivity contribution >= 4 is 11.7 Å². The van der Waals surface area contributed by atoms with E-state index in [1.54, 1.807) is 18.2 Å². The molecule has 0 unspecified atom stereocenters. The summed E-state index contributed by atoms with van der Waals surface area (Å²) in [6, 6.07) is 4.93. The van der Waals surface area contributed by atoms with Crippen LogP contribution in [0.2, 0.25) is 0 Å². The average Bonchev–Trinajstić information content (AvgIpc) is 2.58. The van der Waals surface area contributed by atoms with Crippen LogP contribution >= 0.6 is 0 Å². The van der Waals surface area contributed by atoms with E-state index in [0.29, 0.717) is 18.9 Å². The minimum absolute atomic E-state index is 0.0309. The lowest BCUT2D eigenvalue weighted by Gasteiger charge is -2.25. The van der Waals surface area contributed by atoms with Gasteiger partial charge in [0, 0.05) is 11.6 Å². The molecule has 1 saturated carbocycles. The number of anilines is 1. The van der Waals surface area contributed by atoms with Gasteiger partial charge in [-0.1, -0.05) is 25.3 Å². The van der Waals surface area contributed by atoms with Crippen LogP contribution in [0, 0.1) is 0 Å². The van der Waals surface area contributed by atoms with Gasteiger partial charge in [0.15, 0.2) is 6.29 Å². The maximum atomic E-state index is 12.1. The molecular formula is C17H24N2O4. The first-order chi connectivity index (χ1) is 11.2. The SMILES string of the molecule is O=C(Nc1cc(C2OCCCO2)ccc1O)NC1CCCCC1. The van der Waals surface area contributed by atoms with E-state index in [1.165, 1.54) is 6.42 Å². The monoisotopic (exact) mass is 320 g/mol. The molecule has 0 spiro atoms. The maximum absolute atomic E-state index is 12.1. The molecule has 1 heterocycles. The first kappa shape index (κ1) is 16.1. The molecule has 126 valence electrons. The Morgan fingerprint density at radius 2 is 1.83 bits per heavy atom. The van der Waals surface area contributed by atoms with Crippen molar-refractivity contribution in [1.29, 1.82) is 0 Å². The van der Waals surface area contributed by atoms with Crippen LogP contribution in [0.3, 0.4) is 0 Å². The third kappa shape index (κ3) is 4.36. The summed E-state index contributed by atoms with van der Waals surface area (Å²) in [6.45, 7) is 1.30. The zero-order valence-corrected chi connectivity index (χ0v) is 13.2. The van der Waals surface area contributed by atoms with E-state index in [4.69, 9.17) is 9.47 Å². The molecule has 0 bridgehead atoms. The third-order valence-electron chi connectivity index (χ3n) is 4.31. The van der Waals surface area contributed by atoms with Gasteiger partial charge < -0.3 is 25.2 Å². The lowest BCUT2D eigenvalue weighted by Crippen LogP contribution is -2.39. The summed E-state index contributed by atoms with van der Waals surface area (Å²) in [4.78, 5) is 12.1. The topological polar surface area (TPSA) is 79.8 Å². The number of aromatic hydroxyl groups is 1. The number of phenols is 1. The van der Waals surface area contributed by atoms with Crippen LogP contribution in [0.4, 0.5) is 10.5 Å². The quantitative estimate of drug-likeness (QED) is 0.747. The predicted octanol–water partition coefficient (Wildman–Crippen LogP) is 3.28. The van der Waals surface area contributed by atoms with Gasteiger partial charge in [0.2, 0.25) is 0 Å². The molecule has 6 heteroatoms. The summed E-state index contributed by atoms with van der Waals surface area (Å²) < 4.78 is 11.1. The van der Waals surface area contributed by atoms with Gasteiger partial charge >= 0.3 is 6.03 Å². The molecular weight excluding hydrogens is 296 g/mol. The van der Waals surface area contributed by atoms with Crippen molar-refractivity contribution in [3.63, 3.8) is 0 Å². The number of carbonyl (C=O) groups excluding carboxylic acids is 1. The van der Waals surface area contributed by atoms with Crippen molar-refractivity contribution in [3.8, 4) is 5.75 Å². The first-order valence-corrected chi connectivity index (χ1v) is 8.36. The molecule has 2 aliphatic rings. The largest absolute Gasteiger partial charge is 0.506 e. The highest BCUT2D eigenvalue weighted by molar-refractivity contribution is 5.91. The number of hydrogen-bond donors (Lipinski definition) is 3. The molecule has 3 N–H and O–H groups in total. The molecule has 1 aromatic rings. The van der Waals surface area contributed by atoms with E-state index in [2.05, 4.69) is 10.6 Å². The molecule has 0 atom stereocenters. The van der Waals surface area contributed by atoms with Crippen molar-refractivity contribution in [2.45, 2.75) is 50.9 Å². The lowest BCUT2D eigenvalue weighted by atomic mass is 9.96. The molecule has 6 nitrogen and oxygen atoms in total. The predicted molar refractivity (Wildman–Crippen MR) is 86.4 cm³/mol. The minimum Gasteiger partial charge on any atom is -0.506 e. The van der Waals surface area contributed by atoms with Gasteiger partial charge in [0.25, 0.3) is 0 Å². The van der Waals surface area contributed by atoms with Crippen molar-refractivity contribution in [2.24, 2.45) is 0 Å². The number of phenolic OH excluding ortho intramolecular Hbond substituents is 1. The molecule has 3 rings (SSSR count). The zero-order valence-electron chi connectivity index (χ0n) is 13.2. The number of hydrogen-bond acceptors (Lipinski definition) is 4. The van der Waals surface area contributed by atoms with Crippen LogP contribution in [0.5, 0.6) is 5.75 Å². The van der Waals surface area contributed by atoms with Gasteiger partial charge in [-0.3, -0.25) is 0 Å². The molecule has 23 heavy (non-hydrogen) atoms. The maximum Gasteiger partial charge on any atom is 0.319 e. The van der Waals surface area contributed by atoms with Crippen LogP contribution in [-0.2, 0) is 9.47 Å². The fraction of sp³-hybridized carbons (Fsp3) is 0.588. The van der Waals surface area contributed by atoms with Gasteiger partial charge in [-0.2, -0.15) is 0 Å². The minimum atomic E-state index is -0.439. The standard InChI is InChI=1S/C17H24N2O4/c20-15-8-7-12(16-22-9-4-10-23-16)11-14(15)19-17(21)18-13-5-2-1-3-6-13/h7-8,11,13,16,20H,1-6,9-10H2,(H2,18,19,21). The summed E-state index contributed by atoms with van der Waals surface area (Å²) in [6.07, 6.45) is 6.02. The second-order valence-corrected chi connectivity index (χ2v) is 6.14. The molecule has 2 fully saturated rings. The normalized spacial score (nSPS) is 20.2. The molecule has 1 aliphatic carbocycles. The Morgan fingerprint density at radius 3 is 2.57 bits per heavy atom. The van der Waals surface area contributed by atoms with Crippen LogP contribution in [0.25, 0.3) is 0 Å². The Hall–Kier alpha value is -1.79. The summed E-state index contributed by atoms with van der Waals surface area (Å²) in [5.74, 6) is 0.0309. The Labute approximate surface area is 136 Å². The van der Waals surface area contributed by atoms with Crippen LogP contribution in [0.1, 0.15) is 50.4 Å². The Kier molecular flexibility index (Phi) is 5.35. The van der Waals surface area contributed by atoms with Gasteiger partial charge in [-0.15, -0.1) is 0 Å². The van der Waals surface area contributed by atoms with Crippen LogP contribution in [-0.4, -0.2) is 30.4 Å². The fourth-order valence-corrected chi connectivity index (χ4v) is 3.07. The zero-order chi connectivity index (χ0) is 16.1. The molecule has 1 aliphatic heterocycles. The third-order valence-corrected chi connectivity index (χ3v) is 4.31. The average molecular weight is 320 g/mol. The molecule has 2 amide bonds. The summed E-state index contributed by atoms with van der Waals surface area (Å²) in [7, 11) is 0. The number of rotatable bonds is 3. The number of urea groups is 1. The van der Waals surface area contributed by atoms with Gasteiger partial charge in [0.05, 0.1) is 18.9 Å². The summed E-state index contributed by atoms with van der Waals surface area (Å²) in [5, 5.41) is 15.7. The molecule has 0 radical (unpaired) electrons. The van der Waals surface area contributed by atoms with Gasteiger partial charge in [-0.25, -0.2) is 4.79 Å². The molecule has 0 aromatic heterocycles. The van der Waals surface area contributed by atoms with Crippen molar-refractivity contribution < 1.29 is 19.4 Å². The lowest BCUT2D eigenvalue weighted by molar-refractivity contribution is -0.183. The van der Waals surface area contributed by atoms with Gasteiger partial charge in [-0.05, 0) is 31.4 Å². The van der Waals surface area contributed by atoms with Crippen molar-refractivity contribution in [2.75, 3.05) is 18.5 Å². The van der Waals surface area contributed by atoms with E-state index >= 15 is 0 Å². The Bertz CT molecular complexity index is 537. The van der Waals surface area contributed by atoms with E-state index in [9.17, 15) is 9.90 Å². The molecule has 1 saturated heterocycles. The van der Waals surface area contributed by atoms with E-state index in [0.717, 1.165) is 37.7 Å². The number of nitrogens with one attached hydrogen (secondary N) is 2. The van der Waals surface area contributed by atoms with E-state index < -0.39 is 6.29 Å². The highest BCUT2D eigenvalue weighted by Crippen LogP contribution is 2.30. The number of benzene rings is 1. The van der Waals surface area contributed by atoms with Crippen LogP contribution in [0.15, 0.2) is 18.2 Å².